The standard InChI is InChI=1S/C28H37N7/c1-20-18-31-15-14-23(20)19-32-27-25(17-29)26(30)34-28(35-27)33-24-13-12-21-10-8-6-4-2-3-5-7-9-11-22(21)16-24/h12-18,29H,2-11,19H2,1H3,(H4,30,32,33,34,35). The first-order valence-electron chi connectivity index (χ1n) is 12.8. The van der Waals surface area contributed by atoms with Gasteiger partial charge in [0, 0.05) is 30.8 Å². The summed E-state index contributed by atoms with van der Waals surface area (Å²) in [4.78, 5) is 13.2. The minimum atomic E-state index is 0.276. The van der Waals surface area contributed by atoms with Crippen molar-refractivity contribution < 1.29 is 0 Å². The summed E-state index contributed by atoms with van der Waals surface area (Å²) in [6.45, 7) is 2.58. The summed E-state index contributed by atoms with van der Waals surface area (Å²) < 4.78 is 0. The van der Waals surface area contributed by atoms with Gasteiger partial charge in [0.05, 0.1) is 5.56 Å². The van der Waals surface area contributed by atoms with Crippen molar-refractivity contribution in [2.24, 2.45) is 0 Å². The Morgan fingerprint density at radius 3 is 2.37 bits per heavy atom. The SMILES string of the molecule is Cc1cnccc1CNc1nc(Nc2ccc3c(c2)CCCCCCCCCC3)nc(N)c1C=N. The van der Waals surface area contributed by atoms with Crippen molar-refractivity contribution in [1.29, 1.82) is 5.41 Å². The van der Waals surface area contributed by atoms with Gasteiger partial charge >= 0.3 is 0 Å². The van der Waals surface area contributed by atoms with Crippen LogP contribution in [0.2, 0.25) is 0 Å². The molecule has 1 aliphatic rings. The first kappa shape index (κ1) is 24.6. The Morgan fingerprint density at radius 2 is 1.66 bits per heavy atom. The molecule has 3 aromatic rings. The van der Waals surface area contributed by atoms with Crippen LogP contribution in [0.3, 0.4) is 0 Å². The van der Waals surface area contributed by atoms with Crippen molar-refractivity contribution >= 4 is 29.5 Å². The summed E-state index contributed by atoms with van der Waals surface area (Å²) in [7, 11) is 0. The van der Waals surface area contributed by atoms with Gasteiger partial charge in [-0.2, -0.15) is 9.97 Å². The first-order valence-corrected chi connectivity index (χ1v) is 12.8. The van der Waals surface area contributed by atoms with Crippen LogP contribution in [0.5, 0.6) is 0 Å². The third-order valence-corrected chi connectivity index (χ3v) is 6.81. The van der Waals surface area contributed by atoms with E-state index in [0.29, 0.717) is 23.9 Å². The van der Waals surface area contributed by atoms with Crippen LogP contribution < -0.4 is 16.4 Å². The van der Waals surface area contributed by atoms with Gasteiger partial charge in [-0.25, -0.2) is 0 Å². The molecule has 35 heavy (non-hydrogen) atoms. The van der Waals surface area contributed by atoms with Crippen LogP contribution in [0.15, 0.2) is 36.7 Å². The third-order valence-electron chi connectivity index (χ3n) is 6.81. The van der Waals surface area contributed by atoms with Crippen LogP contribution in [-0.2, 0) is 19.4 Å². The van der Waals surface area contributed by atoms with Gasteiger partial charge in [-0.05, 0) is 73.1 Å². The Hall–Kier alpha value is -3.48. The molecule has 0 bridgehead atoms. The van der Waals surface area contributed by atoms with E-state index in [-0.39, 0.29) is 5.82 Å². The highest BCUT2D eigenvalue weighted by atomic mass is 15.2. The number of rotatable bonds is 6. The zero-order valence-corrected chi connectivity index (χ0v) is 20.7. The highest BCUT2D eigenvalue weighted by Gasteiger charge is 2.13. The highest BCUT2D eigenvalue weighted by Crippen LogP contribution is 2.26. The van der Waals surface area contributed by atoms with E-state index in [1.807, 2.05) is 19.2 Å². The predicted molar refractivity (Wildman–Crippen MR) is 145 cm³/mol. The molecule has 0 radical (unpaired) electrons. The van der Waals surface area contributed by atoms with Crippen molar-refractivity contribution in [3.63, 3.8) is 0 Å². The molecule has 2 aromatic heterocycles. The van der Waals surface area contributed by atoms with Gasteiger partial charge in [0.15, 0.2) is 0 Å². The predicted octanol–water partition coefficient (Wildman–Crippen LogP) is 6.33. The summed E-state index contributed by atoms with van der Waals surface area (Å²) in [6, 6.07) is 8.59. The lowest BCUT2D eigenvalue weighted by Gasteiger charge is -2.16. The van der Waals surface area contributed by atoms with Crippen LogP contribution in [0.25, 0.3) is 0 Å². The van der Waals surface area contributed by atoms with Crippen molar-refractivity contribution in [3.05, 3.63) is 64.5 Å². The second kappa shape index (κ2) is 12.3. The van der Waals surface area contributed by atoms with Gasteiger partial charge < -0.3 is 21.8 Å². The van der Waals surface area contributed by atoms with E-state index in [0.717, 1.165) is 29.7 Å². The molecule has 0 saturated heterocycles. The summed E-state index contributed by atoms with van der Waals surface area (Å²) in [5.74, 6) is 1.24. The lowest BCUT2D eigenvalue weighted by atomic mass is 9.94. The van der Waals surface area contributed by atoms with Gasteiger partial charge in [0.1, 0.15) is 11.6 Å². The number of benzene rings is 1. The molecule has 184 valence electrons. The highest BCUT2D eigenvalue weighted by molar-refractivity contribution is 5.90. The van der Waals surface area contributed by atoms with Crippen LogP contribution in [0.4, 0.5) is 23.3 Å². The molecule has 5 N–H and O–H groups in total. The lowest BCUT2D eigenvalue weighted by molar-refractivity contribution is 0.560. The Kier molecular flexibility index (Phi) is 8.65. The Bertz CT molecular complexity index is 1140. The van der Waals surface area contributed by atoms with E-state index in [4.69, 9.17) is 11.1 Å². The van der Waals surface area contributed by atoms with Crippen LogP contribution in [0, 0.1) is 12.3 Å². The zero-order valence-electron chi connectivity index (χ0n) is 20.7. The molecule has 0 unspecified atom stereocenters. The fraction of sp³-hybridized carbons (Fsp3) is 0.429. The van der Waals surface area contributed by atoms with Gasteiger partial charge in [-0.3, -0.25) is 4.98 Å². The summed E-state index contributed by atoms with van der Waals surface area (Å²) >= 11 is 0. The molecule has 7 nitrogen and oxygen atoms in total. The lowest BCUT2D eigenvalue weighted by Crippen LogP contribution is -2.11. The van der Waals surface area contributed by atoms with Gasteiger partial charge in [-0.15, -0.1) is 0 Å². The smallest absolute Gasteiger partial charge is 0.231 e. The van der Waals surface area contributed by atoms with E-state index < -0.39 is 0 Å². The summed E-state index contributed by atoms with van der Waals surface area (Å²) in [5.41, 5.74) is 12.7. The summed E-state index contributed by atoms with van der Waals surface area (Å²) in [6.07, 6.45) is 17.6. The molecule has 1 aliphatic carbocycles. The molecule has 0 fully saturated rings. The minimum absolute atomic E-state index is 0.276. The monoisotopic (exact) mass is 471 g/mol. The maximum absolute atomic E-state index is 7.79. The fourth-order valence-corrected chi connectivity index (χ4v) is 4.70. The van der Waals surface area contributed by atoms with E-state index in [1.165, 1.54) is 68.7 Å². The quantitative estimate of drug-likeness (QED) is 0.312. The number of hydrogen-bond acceptors (Lipinski definition) is 7. The van der Waals surface area contributed by atoms with Crippen LogP contribution >= 0.6 is 0 Å². The fourth-order valence-electron chi connectivity index (χ4n) is 4.70. The van der Waals surface area contributed by atoms with Gasteiger partial charge in [0.25, 0.3) is 0 Å². The zero-order chi connectivity index (χ0) is 24.5. The Balaban J connectivity index is 1.53. The van der Waals surface area contributed by atoms with Crippen molar-refractivity contribution in [2.45, 2.75) is 77.7 Å². The first-order chi connectivity index (χ1) is 17.1. The molecular formula is C28H37N7. The normalized spacial score (nSPS) is 14.8. The number of anilines is 4. The molecule has 1 aromatic carbocycles. The Morgan fingerprint density at radius 1 is 0.943 bits per heavy atom. The minimum Gasteiger partial charge on any atom is -0.383 e. The third kappa shape index (κ3) is 6.78. The maximum Gasteiger partial charge on any atom is 0.231 e. The summed E-state index contributed by atoms with van der Waals surface area (Å²) in [5, 5.41) is 14.5. The van der Waals surface area contributed by atoms with Gasteiger partial charge in [-0.1, -0.05) is 44.6 Å². The molecule has 7 heteroatoms. The molecule has 4 rings (SSSR count). The number of pyridine rings is 1. The van der Waals surface area contributed by atoms with E-state index in [1.54, 1.807) is 6.20 Å². The molecule has 0 spiro atoms. The number of nitrogen functional groups attached to an aromatic ring is 1. The molecule has 0 amide bonds. The van der Waals surface area contributed by atoms with E-state index in [9.17, 15) is 0 Å². The number of aromatic nitrogens is 3. The largest absolute Gasteiger partial charge is 0.383 e. The number of aryl methyl sites for hydroxylation is 3. The Labute approximate surface area is 208 Å². The average molecular weight is 472 g/mol. The van der Waals surface area contributed by atoms with Gasteiger partial charge in [0.2, 0.25) is 5.95 Å². The average Bonchev–Trinajstić information content (AvgIpc) is 2.84. The van der Waals surface area contributed by atoms with E-state index in [2.05, 4.69) is 43.8 Å². The number of hydrogen-bond donors (Lipinski definition) is 4. The second-order valence-corrected chi connectivity index (χ2v) is 9.43. The topological polar surface area (TPSA) is 113 Å². The molecular weight excluding hydrogens is 434 g/mol. The molecule has 0 atom stereocenters. The van der Waals surface area contributed by atoms with Crippen LogP contribution in [-0.4, -0.2) is 21.2 Å². The van der Waals surface area contributed by atoms with Crippen LogP contribution in [0.1, 0.15) is 79.2 Å². The maximum atomic E-state index is 7.79. The number of nitrogens with one attached hydrogen (secondary N) is 3. The molecule has 2 heterocycles. The van der Waals surface area contributed by atoms with E-state index >= 15 is 0 Å². The number of nitrogens with two attached hydrogens (primary N) is 1. The van der Waals surface area contributed by atoms with Crippen molar-refractivity contribution in [3.8, 4) is 0 Å². The van der Waals surface area contributed by atoms with Crippen molar-refractivity contribution in [2.75, 3.05) is 16.4 Å². The number of nitrogens with zero attached hydrogens (tertiary/aromatic N) is 3. The molecule has 0 saturated carbocycles. The van der Waals surface area contributed by atoms with Crippen molar-refractivity contribution in [1.82, 2.24) is 15.0 Å². The number of fused-ring (bicyclic) bond motifs is 1. The second-order valence-electron chi connectivity index (χ2n) is 9.43. The molecule has 0 aliphatic heterocycles.